The molecule has 0 saturated heterocycles. The average Bonchev–Trinajstić information content (AvgIpc) is 2.78. The number of alkyl halides is 1. The summed E-state index contributed by atoms with van der Waals surface area (Å²) >= 11 is 5.81. The van der Waals surface area contributed by atoms with Crippen molar-refractivity contribution in [1.82, 2.24) is 9.55 Å². The minimum Gasteiger partial charge on any atom is -0.333 e. The van der Waals surface area contributed by atoms with E-state index in [-0.39, 0.29) is 0 Å². The fourth-order valence-electron chi connectivity index (χ4n) is 1.76. The summed E-state index contributed by atoms with van der Waals surface area (Å²) in [4.78, 5) is 4.12. The van der Waals surface area contributed by atoms with Crippen LogP contribution in [-0.2, 0) is 12.4 Å². The molecule has 1 fully saturated rings. The van der Waals surface area contributed by atoms with Gasteiger partial charge in [-0.15, -0.1) is 11.6 Å². The monoisotopic (exact) mass is 198 g/mol. The van der Waals surface area contributed by atoms with Gasteiger partial charge in [0.25, 0.3) is 0 Å². The maximum atomic E-state index is 5.81. The molecule has 3 heteroatoms. The van der Waals surface area contributed by atoms with E-state index in [1.54, 1.807) is 0 Å². The molecule has 0 aromatic carbocycles. The van der Waals surface area contributed by atoms with Gasteiger partial charge in [0.15, 0.2) is 0 Å². The zero-order valence-electron chi connectivity index (χ0n) is 7.96. The van der Waals surface area contributed by atoms with Gasteiger partial charge in [-0.1, -0.05) is 6.92 Å². The molecule has 0 aliphatic heterocycles. The highest BCUT2D eigenvalue weighted by Crippen LogP contribution is 2.50. The van der Waals surface area contributed by atoms with Gasteiger partial charge in [0.2, 0.25) is 0 Å². The lowest BCUT2D eigenvalue weighted by molar-refractivity contribution is 0.404. The van der Waals surface area contributed by atoms with Gasteiger partial charge in [0, 0.05) is 12.7 Å². The van der Waals surface area contributed by atoms with Crippen LogP contribution in [0.2, 0.25) is 0 Å². The van der Waals surface area contributed by atoms with Crippen molar-refractivity contribution < 1.29 is 0 Å². The van der Waals surface area contributed by atoms with Crippen LogP contribution in [0.1, 0.15) is 31.9 Å². The van der Waals surface area contributed by atoms with E-state index in [1.807, 2.05) is 12.5 Å². The molecule has 1 aliphatic rings. The Hall–Kier alpha value is -0.500. The molecule has 0 spiro atoms. The molecule has 2 rings (SSSR count). The van der Waals surface area contributed by atoms with Crippen molar-refractivity contribution in [3.05, 3.63) is 18.2 Å². The smallest absolute Gasteiger partial charge is 0.0948 e. The number of aromatic nitrogens is 2. The van der Waals surface area contributed by atoms with Crippen LogP contribution in [0, 0.1) is 5.41 Å². The van der Waals surface area contributed by atoms with Crippen molar-refractivity contribution in [2.75, 3.05) is 0 Å². The summed E-state index contributed by atoms with van der Waals surface area (Å²) in [7, 11) is 0. The molecule has 0 amide bonds. The maximum Gasteiger partial charge on any atom is 0.0948 e. The Morgan fingerprint density at radius 2 is 2.38 bits per heavy atom. The average molecular weight is 199 g/mol. The van der Waals surface area contributed by atoms with Gasteiger partial charge in [0.1, 0.15) is 0 Å². The molecule has 1 saturated carbocycles. The lowest BCUT2D eigenvalue weighted by Gasteiger charge is -2.14. The zero-order valence-corrected chi connectivity index (χ0v) is 8.72. The van der Waals surface area contributed by atoms with E-state index in [4.69, 9.17) is 11.6 Å². The van der Waals surface area contributed by atoms with E-state index in [9.17, 15) is 0 Å². The molecule has 1 heterocycles. The van der Waals surface area contributed by atoms with Crippen LogP contribution < -0.4 is 0 Å². The lowest BCUT2D eigenvalue weighted by Crippen LogP contribution is -2.11. The fraction of sp³-hybridized carbons (Fsp3) is 0.700. The summed E-state index contributed by atoms with van der Waals surface area (Å²) in [5.41, 5.74) is 1.71. The Balaban J connectivity index is 2.09. The third-order valence-electron chi connectivity index (χ3n) is 3.15. The zero-order chi connectivity index (χ0) is 9.31. The second kappa shape index (κ2) is 3.33. The Labute approximate surface area is 83.9 Å². The molecular formula is C10H15ClN2. The van der Waals surface area contributed by atoms with Gasteiger partial charge >= 0.3 is 0 Å². The molecule has 0 radical (unpaired) electrons. The van der Waals surface area contributed by atoms with Crippen molar-refractivity contribution >= 4 is 11.6 Å². The van der Waals surface area contributed by atoms with Crippen LogP contribution in [0.25, 0.3) is 0 Å². The summed E-state index contributed by atoms with van der Waals surface area (Å²) in [5, 5.41) is 0. The Bertz CT molecular complexity index is 289. The molecule has 72 valence electrons. The standard InChI is InChI=1S/C10H15ClN2/c1-2-10(3-4-10)7-13-8-12-6-9(13)5-11/h6,8H,2-5,7H2,1H3. The highest BCUT2D eigenvalue weighted by Gasteiger charge is 2.40. The van der Waals surface area contributed by atoms with Gasteiger partial charge < -0.3 is 4.57 Å². The van der Waals surface area contributed by atoms with Crippen LogP contribution in [0.3, 0.4) is 0 Å². The van der Waals surface area contributed by atoms with Gasteiger partial charge in [-0.2, -0.15) is 0 Å². The summed E-state index contributed by atoms with van der Waals surface area (Å²) in [6.45, 7) is 3.37. The van der Waals surface area contributed by atoms with Crippen LogP contribution >= 0.6 is 11.6 Å². The normalized spacial score (nSPS) is 18.9. The maximum absolute atomic E-state index is 5.81. The predicted molar refractivity (Wildman–Crippen MR) is 53.7 cm³/mol. The Morgan fingerprint density at radius 1 is 1.62 bits per heavy atom. The van der Waals surface area contributed by atoms with E-state index < -0.39 is 0 Å². The second-order valence-electron chi connectivity index (χ2n) is 4.00. The first-order chi connectivity index (χ1) is 6.29. The fourth-order valence-corrected chi connectivity index (χ4v) is 1.99. The summed E-state index contributed by atoms with van der Waals surface area (Å²) in [5.74, 6) is 0.569. The molecule has 0 N–H and O–H groups in total. The number of imidazole rings is 1. The number of hydrogen-bond donors (Lipinski definition) is 0. The molecule has 2 nitrogen and oxygen atoms in total. The van der Waals surface area contributed by atoms with E-state index in [0.717, 1.165) is 12.2 Å². The van der Waals surface area contributed by atoms with E-state index in [0.29, 0.717) is 11.3 Å². The first-order valence-electron chi connectivity index (χ1n) is 4.85. The van der Waals surface area contributed by atoms with E-state index in [1.165, 1.54) is 19.3 Å². The van der Waals surface area contributed by atoms with Crippen LogP contribution in [-0.4, -0.2) is 9.55 Å². The van der Waals surface area contributed by atoms with Crippen molar-refractivity contribution in [1.29, 1.82) is 0 Å². The van der Waals surface area contributed by atoms with Crippen molar-refractivity contribution in [3.8, 4) is 0 Å². The number of halogens is 1. The minimum absolute atomic E-state index is 0.569. The summed E-state index contributed by atoms with van der Waals surface area (Å²) < 4.78 is 2.20. The molecule has 1 aromatic heterocycles. The SMILES string of the molecule is CCC1(Cn2cncc2CCl)CC1. The number of rotatable bonds is 4. The molecular weight excluding hydrogens is 184 g/mol. The predicted octanol–water partition coefficient (Wildman–Crippen LogP) is 2.81. The van der Waals surface area contributed by atoms with Crippen LogP contribution in [0.5, 0.6) is 0 Å². The molecule has 1 aliphatic carbocycles. The Kier molecular flexibility index (Phi) is 2.33. The van der Waals surface area contributed by atoms with Crippen molar-refractivity contribution in [2.24, 2.45) is 5.41 Å². The molecule has 0 atom stereocenters. The first-order valence-corrected chi connectivity index (χ1v) is 5.38. The minimum atomic E-state index is 0.569. The van der Waals surface area contributed by atoms with Gasteiger partial charge in [-0.3, -0.25) is 0 Å². The third kappa shape index (κ3) is 1.73. The third-order valence-corrected chi connectivity index (χ3v) is 3.42. The summed E-state index contributed by atoms with van der Waals surface area (Å²) in [6.07, 6.45) is 7.76. The summed E-state index contributed by atoms with van der Waals surface area (Å²) in [6, 6.07) is 0. The topological polar surface area (TPSA) is 17.8 Å². The highest BCUT2D eigenvalue weighted by molar-refractivity contribution is 6.16. The van der Waals surface area contributed by atoms with Gasteiger partial charge in [-0.05, 0) is 24.7 Å². The number of nitrogens with zero attached hydrogens (tertiary/aromatic N) is 2. The Morgan fingerprint density at radius 3 is 2.92 bits per heavy atom. The number of hydrogen-bond acceptors (Lipinski definition) is 1. The largest absolute Gasteiger partial charge is 0.333 e. The van der Waals surface area contributed by atoms with Crippen LogP contribution in [0.15, 0.2) is 12.5 Å². The van der Waals surface area contributed by atoms with Crippen molar-refractivity contribution in [2.45, 2.75) is 38.6 Å². The molecule has 0 bridgehead atoms. The molecule has 13 heavy (non-hydrogen) atoms. The van der Waals surface area contributed by atoms with Gasteiger partial charge in [-0.25, -0.2) is 4.98 Å². The van der Waals surface area contributed by atoms with Gasteiger partial charge in [0.05, 0.1) is 17.9 Å². The quantitative estimate of drug-likeness (QED) is 0.681. The highest BCUT2D eigenvalue weighted by atomic mass is 35.5. The van der Waals surface area contributed by atoms with Crippen molar-refractivity contribution in [3.63, 3.8) is 0 Å². The second-order valence-corrected chi connectivity index (χ2v) is 4.27. The molecule has 1 aromatic rings. The lowest BCUT2D eigenvalue weighted by atomic mass is 10.0. The van der Waals surface area contributed by atoms with Crippen LogP contribution in [0.4, 0.5) is 0 Å². The van der Waals surface area contributed by atoms with E-state index in [2.05, 4.69) is 16.5 Å². The van der Waals surface area contributed by atoms with E-state index >= 15 is 0 Å². The molecule has 0 unspecified atom stereocenters. The first kappa shape index (κ1) is 9.07.